The Morgan fingerprint density at radius 3 is 2.47 bits per heavy atom. The lowest BCUT2D eigenvalue weighted by Crippen LogP contribution is -2.40. The van der Waals surface area contributed by atoms with Crippen LogP contribution >= 0.6 is 0 Å². The monoisotopic (exact) mass is 217 g/mol. The minimum atomic E-state index is -0.726. The fourth-order valence-corrected chi connectivity index (χ4v) is 1.64. The van der Waals surface area contributed by atoms with Crippen LogP contribution in [-0.4, -0.2) is 49.3 Å². The van der Waals surface area contributed by atoms with E-state index in [-0.39, 0.29) is 6.42 Å². The molecule has 0 spiro atoms. The Morgan fingerprint density at radius 1 is 1.47 bits per heavy atom. The molecule has 4 heteroatoms. The van der Waals surface area contributed by atoms with Gasteiger partial charge in [0.1, 0.15) is 0 Å². The number of carboxylic acids is 1. The van der Waals surface area contributed by atoms with Crippen molar-refractivity contribution in [3.05, 3.63) is 0 Å². The normalized spacial score (nSPS) is 13.5. The van der Waals surface area contributed by atoms with Gasteiger partial charge in [-0.3, -0.25) is 4.79 Å². The van der Waals surface area contributed by atoms with Gasteiger partial charge in [-0.05, 0) is 25.9 Å². The summed E-state index contributed by atoms with van der Waals surface area (Å²) in [5, 5.41) is 8.53. The lowest BCUT2D eigenvalue weighted by molar-refractivity contribution is -0.137. The fraction of sp³-hybridized carbons (Fsp3) is 0.909. The van der Waals surface area contributed by atoms with E-state index >= 15 is 0 Å². The smallest absolute Gasteiger partial charge is 0.303 e. The van der Waals surface area contributed by atoms with Crippen LogP contribution in [0.1, 0.15) is 26.7 Å². The number of likely N-dealkylation sites (N-methyl/N-ethyl adjacent to an activating group) is 1. The number of carbonyl (C=O) groups is 1. The van der Waals surface area contributed by atoms with Gasteiger partial charge in [-0.25, -0.2) is 0 Å². The van der Waals surface area contributed by atoms with Crippen molar-refractivity contribution in [3.8, 4) is 0 Å². The third kappa shape index (κ3) is 6.47. The van der Waals surface area contributed by atoms with E-state index in [9.17, 15) is 4.79 Å². The van der Waals surface area contributed by atoms with Crippen LogP contribution in [-0.2, 0) is 9.53 Å². The van der Waals surface area contributed by atoms with Crippen molar-refractivity contribution in [2.45, 2.75) is 32.7 Å². The Kier molecular flexibility index (Phi) is 7.34. The number of ether oxygens (including phenoxy) is 1. The number of hydrogen-bond donors (Lipinski definition) is 1. The summed E-state index contributed by atoms with van der Waals surface area (Å²) in [5.74, 6) is -0.212. The molecule has 0 amide bonds. The Labute approximate surface area is 92.2 Å². The zero-order chi connectivity index (χ0) is 11.8. The van der Waals surface area contributed by atoms with Crippen molar-refractivity contribution in [1.29, 1.82) is 0 Å². The molecule has 90 valence electrons. The molecule has 0 radical (unpaired) electrons. The second kappa shape index (κ2) is 7.65. The van der Waals surface area contributed by atoms with Gasteiger partial charge < -0.3 is 14.7 Å². The van der Waals surface area contributed by atoms with Crippen molar-refractivity contribution in [3.63, 3.8) is 0 Å². The summed E-state index contributed by atoms with van der Waals surface area (Å²) in [6.45, 7) is 5.80. The molecule has 0 bridgehead atoms. The highest BCUT2D eigenvalue weighted by molar-refractivity contribution is 5.66. The molecule has 0 saturated heterocycles. The van der Waals surface area contributed by atoms with Crippen LogP contribution in [0.5, 0.6) is 0 Å². The predicted octanol–water partition coefficient (Wildman–Crippen LogP) is 1.45. The molecule has 15 heavy (non-hydrogen) atoms. The van der Waals surface area contributed by atoms with E-state index in [4.69, 9.17) is 9.84 Å². The van der Waals surface area contributed by atoms with Crippen molar-refractivity contribution >= 4 is 5.97 Å². The predicted molar refractivity (Wildman–Crippen MR) is 60.0 cm³/mol. The van der Waals surface area contributed by atoms with Crippen LogP contribution in [0.25, 0.3) is 0 Å². The fourth-order valence-electron chi connectivity index (χ4n) is 1.64. The number of methoxy groups -OCH3 is 1. The van der Waals surface area contributed by atoms with E-state index in [2.05, 4.69) is 18.7 Å². The second-order valence-corrected chi connectivity index (χ2v) is 4.24. The van der Waals surface area contributed by atoms with Gasteiger partial charge >= 0.3 is 5.97 Å². The number of hydrogen-bond acceptors (Lipinski definition) is 3. The van der Waals surface area contributed by atoms with Gasteiger partial charge in [-0.2, -0.15) is 0 Å². The summed E-state index contributed by atoms with van der Waals surface area (Å²) >= 11 is 0. The highest BCUT2D eigenvalue weighted by Gasteiger charge is 2.18. The van der Waals surface area contributed by atoms with Crippen LogP contribution in [0.3, 0.4) is 0 Å². The molecule has 4 nitrogen and oxygen atoms in total. The summed E-state index contributed by atoms with van der Waals surface area (Å²) in [5.41, 5.74) is 0. The number of rotatable bonds is 8. The molecule has 0 heterocycles. The second-order valence-electron chi connectivity index (χ2n) is 4.24. The lowest BCUT2D eigenvalue weighted by atomic mass is 10.0. The molecule has 0 rings (SSSR count). The molecular formula is C11H23NO3. The number of nitrogens with zero attached hydrogens (tertiary/aromatic N) is 1. The lowest BCUT2D eigenvalue weighted by Gasteiger charge is -2.30. The van der Waals surface area contributed by atoms with Gasteiger partial charge in [-0.1, -0.05) is 13.8 Å². The third-order valence-electron chi connectivity index (χ3n) is 2.57. The van der Waals surface area contributed by atoms with Gasteiger partial charge in [0.15, 0.2) is 0 Å². The first-order valence-electron chi connectivity index (χ1n) is 5.40. The van der Waals surface area contributed by atoms with Crippen molar-refractivity contribution < 1.29 is 14.6 Å². The molecule has 1 unspecified atom stereocenters. The molecule has 0 aliphatic rings. The highest BCUT2D eigenvalue weighted by atomic mass is 16.5. The maximum absolute atomic E-state index is 10.4. The molecule has 0 fully saturated rings. The molecule has 0 aliphatic carbocycles. The first-order valence-corrected chi connectivity index (χ1v) is 5.40. The largest absolute Gasteiger partial charge is 0.481 e. The third-order valence-corrected chi connectivity index (χ3v) is 2.57. The van der Waals surface area contributed by atoms with Gasteiger partial charge in [0.25, 0.3) is 0 Å². The van der Waals surface area contributed by atoms with Gasteiger partial charge in [0.05, 0.1) is 6.61 Å². The summed E-state index contributed by atoms with van der Waals surface area (Å²) in [4.78, 5) is 12.5. The Balaban J connectivity index is 3.91. The summed E-state index contributed by atoms with van der Waals surface area (Å²) in [7, 11) is 3.71. The van der Waals surface area contributed by atoms with Gasteiger partial charge in [0.2, 0.25) is 0 Å². The van der Waals surface area contributed by atoms with E-state index < -0.39 is 5.97 Å². The molecule has 0 aliphatic heterocycles. The van der Waals surface area contributed by atoms with Crippen LogP contribution in [0.2, 0.25) is 0 Å². The van der Waals surface area contributed by atoms with Gasteiger partial charge in [-0.15, -0.1) is 0 Å². The highest BCUT2D eigenvalue weighted by Crippen LogP contribution is 2.10. The topological polar surface area (TPSA) is 49.8 Å². The van der Waals surface area contributed by atoms with Crippen molar-refractivity contribution in [2.24, 2.45) is 5.92 Å². The van der Waals surface area contributed by atoms with Crippen molar-refractivity contribution in [1.82, 2.24) is 4.90 Å². The van der Waals surface area contributed by atoms with Crippen LogP contribution in [0.4, 0.5) is 0 Å². The maximum Gasteiger partial charge on any atom is 0.303 e. The summed E-state index contributed by atoms with van der Waals surface area (Å²) in [6, 6.07) is 0.365. The molecule has 1 N–H and O–H groups in total. The molecule has 0 aromatic carbocycles. The van der Waals surface area contributed by atoms with E-state index in [1.54, 1.807) is 7.11 Å². The Morgan fingerprint density at radius 2 is 2.07 bits per heavy atom. The number of carboxylic acid groups (broad SMARTS) is 1. The average molecular weight is 217 g/mol. The summed E-state index contributed by atoms with van der Waals surface area (Å²) < 4.78 is 5.16. The minimum absolute atomic E-state index is 0.238. The Bertz CT molecular complexity index is 183. The van der Waals surface area contributed by atoms with Crippen LogP contribution in [0.15, 0.2) is 0 Å². The SMILES string of the molecule is COCC(C(C)C)N(C)CCCC(=O)O. The molecule has 1 atom stereocenters. The van der Waals surface area contributed by atoms with Gasteiger partial charge in [0, 0.05) is 19.6 Å². The summed E-state index contributed by atoms with van der Waals surface area (Å²) in [6.07, 6.45) is 0.931. The quantitative estimate of drug-likeness (QED) is 0.668. The van der Waals surface area contributed by atoms with E-state index in [1.807, 2.05) is 7.05 Å². The van der Waals surface area contributed by atoms with E-state index in [0.29, 0.717) is 25.0 Å². The molecule has 0 saturated carbocycles. The zero-order valence-electron chi connectivity index (χ0n) is 10.2. The first-order chi connectivity index (χ1) is 6.99. The first kappa shape index (κ1) is 14.4. The van der Waals surface area contributed by atoms with Crippen molar-refractivity contribution in [2.75, 3.05) is 27.3 Å². The zero-order valence-corrected chi connectivity index (χ0v) is 10.2. The molecule has 0 aromatic heterocycles. The molecule has 0 aromatic rings. The van der Waals surface area contributed by atoms with E-state index in [0.717, 1.165) is 6.54 Å². The Hall–Kier alpha value is -0.610. The average Bonchev–Trinajstić information content (AvgIpc) is 2.12. The van der Waals surface area contributed by atoms with E-state index in [1.165, 1.54) is 0 Å². The maximum atomic E-state index is 10.4. The number of aliphatic carboxylic acids is 1. The van der Waals surface area contributed by atoms with Crippen LogP contribution in [0, 0.1) is 5.92 Å². The standard InChI is InChI=1S/C11H23NO3/c1-9(2)10(8-15-4)12(3)7-5-6-11(13)14/h9-10H,5-8H2,1-4H3,(H,13,14). The molecular weight excluding hydrogens is 194 g/mol. The minimum Gasteiger partial charge on any atom is -0.481 e. The van der Waals surface area contributed by atoms with Crippen LogP contribution < -0.4 is 0 Å².